The minimum absolute atomic E-state index is 0.0373. The molecule has 1 amide bonds. The first kappa shape index (κ1) is 13.2. The van der Waals surface area contributed by atoms with Crippen LogP contribution in [0.4, 0.5) is 5.69 Å². The number of amides is 1. The largest absolute Gasteiger partial charge is 0.355 e. The van der Waals surface area contributed by atoms with E-state index in [0.29, 0.717) is 11.5 Å². The fraction of sp³-hybridized carbons (Fsp3) is 0.188. The van der Waals surface area contributed by atoms with Gasteiger partial charge in [0, 0.05) is 24.1 Å². The molecule has 22 heavy (non-hydrogen) atoms. The maximum Gasteiger partial charge on any atom is 0.236 e. The Balaban J connectivity index is 1.58. The minimum atomic E-state index is -0.553. The zero-order chi connectivity index (χ0) is 15.0. The summed E-state index contributed by atoms with van der Waals surface area (Å²) in [6, 6.07) is 9.36. The number of rotatable bonds is 4. The Kier molecular flexibility index (Phi) is 3.04. The quantitative estimate of drug-likeness (QED) is 0.801. The molecular formula is C16H13N3O2S. The van der Waals surface area contributed by atoms with Crippen molar-refractivity contribution in [2.75, 3.05) is 5.32 Å². The molecule has 3 aromatic rings. The van der Waals surface area contributed by atoms with Crippen LogP contribution in [0.2, 0.25) is 0 Å². The average molecular weight is 311 g/mol. The Hall–Kier alpha value is -2.47. The number of carbonyl (C=O) groups is 1. The van der Waals surface area contributed by atoms with Gasteiger partial charge < -0.3 is 9.84 Å². The number of nitrogens with zero attached hydrogens (tertiary/aromatic N) is 2. The van der Waals surface area contributed by atoms with Gasteiger partial charge in [0.1, 0.15) is 0 Å². The Morgan fingerprint density at radius 2 is 2.09 bits per heavy atom. The van der Waals surface area contributed by atoms with Gasteiger partial charge in [0.2, 0.25) is 5.91 Å². The molecule has 0 unspecified atom stereocenters. The molecule has 6 heteroatoms. The van der Waals surface area contributed by atoms with Crippen LogP contribution in [-0.2, 0) is 10.2 Å². The maximum atomic E-state index is 12.6. The molecule has 1 N–H and O–H groups in total. The minimum Gasteiger partial charge on any atom is -0.355 e. The molecule has 0 saturated heterocycles. The van der Waals surface area contributed by atoms with Crippen molar-refractivity contribution in [2.24, 2.45) is 0 Å². The Morgan fingerprint density at radius 3 is 2.77 bits per heavy atom. The number of hydrogen-bond acceptors (Lipinski definition) is 5. The molecule has 1 saturated carbocycles. The second-order valence-corrected chi connectivity index (χ2v) is 6.27. The average Bonchev–Trinajstić information content (AvgIpc) is 2.98. The monoisotopic (exact) mass is 311 g/mol. The van der Waals surface area contributed by atoms with Crippen LogP contribution in [0.15, 0.2) is 52.6 Å². The van der Waals surface area contributed by atoms with Crippen LogP contribution in [0, 0.1) is 0 Å². The molecule has 4 rings (SSSR count). The summed E-state index contributed by atoms with van der Waals surface area (Å²) in [7, 11) is 0. The van der Waals surface area contributed by atoms with Crippen LogP contribution in [0.3, 0.4) is 0 Å². The normalized spacial score (nSPS) is 15.5. The van der Waals surface area contributed by atoms with Crippen LogP contribution < -0.4 is 5.32 Å². The van der Waals surface area contributed by atoms with E-state index in [1.807, 2.05) is 23.6 Å². The van der Waals surface area contributed by atoms with E-state index in [9.17, 15) is 4.79 Å². The van der Waals surface area contributed by atoms with Crippen molar-refractivity contribution in [1.29, 1.82) is 0 Å². The molecule has 1 aliphatic rings. The summed E-state index contributed by atoms with van der Waals surface area (Å²) >= 11 is 1.59. The molecule has 1 aliphatic carbocycles. The highest BCUT2D eigenvalue weighted by Gasteiger charge is 2.53. The van der Waals surface area contributed by atoms with Gasteiger partial charge in [-0.1, -0.05) is 11.2 Å². The number of thiophene rings is 1. The number of aromatic nitrogens is 2. The summed E-state index contributed by atoms with van der Waals surface area (Å²) < 4.78 is 5.41. The van der Waals surface area contributed by atoms with Crippen molar-refractivity contribution in [1.82, 2.24) is 10.1 Å². The summed E-state index contributed by atoms with van der Waals surface area (Å²) in [5, 5.41) is 9.04. The number of nitrogens with one attached hydrogen (secondary N) is 1. The predicted molar refractivity (Wildman–Crippen MR) is 83.6 cm³/mol. The summed E-state index contributed by atoms with van der Waals surface area (Å²) in [5.41, 5.74) is 0.901. The molecule has 0 bridgehead atoms. The fourth-order valence-electron chi connectivity index (χ4n) is 2.45. The van der Waals surface area contributed by atoms with Gasteiger partial charge >= 0.3 is 0 Å². The molecule has 3 aromatic heterocycles. The van der Waals surface area contributed by atoms with Gasteiger partial charge in [-0.25, -0.2) is 0 Å². The molecule has 1 fully saturated rings. The van der Waals surface area contributed by atoms with Crippen molar-refractivity contribution in [3.05, 3.63) is 53.8 Å². The van der Waals surface area contributed by atoms with Gasteiger partial charge in [-0.15, -0.1) is 11.3 Å². The number of pyridine rings is 1. The predicted octanol–water partition coefficient (Wildman–Crippen LogP) is 3.47. The van der Waals surface area contributed by atoms with E-state index in [4.69, 9.17) is 4.52 Å². The lowest BCUT2D eigenvalue weighted by molar-refractivity contribution is -0.118. The topological polar surface area (TPSA) is 68.0 Å². The number of anilines is 1. The summed E-state index contributed by atoms with van der Waals surface area (Å²) in [5.74, 6) is 0.678. The van der Waals surface area contributed by atoms with E-state index in [-0.39, 0.29) is 5.91 Å². The Bertz CT molecular complexity index is 792. The van der Waals surface area contributed by atoms with Crippen molar-refractivity contribution in [2.45, 2.75) is 18.3 Å². The van der Waals surface area contributed by atoms with Crippen LogP contribution in [0.25, 0.3) is 10.6 Å². The molecular weight excluding hydrogens is 298 g/mol. The maximum absolute atomic E-state index is 12.6. The van der Waals surface area contributed by atoms with Crippen LogP contribution >= 0.6 is 11.3 Å². The van der Waals surface area contributed by atoms with E-state index in [2.05, 4.69) is 15.5 Å². The number of hydrogen-bond donors (Lipinski definition) is 1. The fourth-order valence-corrected chi connectivity index (χ4v) is 3.12. The zero-order valence-corrected chi connectivity index (χ0v) is 12.5. The molecule has 0 spiro atoms. The SMILES string of the molecule is O=C(Nc1ccncc1)C1(c2cc(-c3cccs3)on2)CC1. The van der Waals surface area contributed by atoms with Crippen molar-refractivity contribution < 1.29 is 9.32 Å². The smallest absolute Gasteiger partial charge is 0.236 e. The third kappa shape index (κ3) is 2.21. The van der Waals surface area contributed by atoms with Gasteiger partial charge in [-0.2, -0.15) is 0 Å². The molecule has 110 valence electrons. The van der Waals surface area contributed by atoms with Crippen LogP contribution in [-0.4, -0.2) is 16.0 Å². The van der Waals surface area contributed by atoms with Gasteiger partial charge in [0.05, 0.1) is 16.0 Å². The van der Waals surface area contributed by atoms with E-state index in [1.165, 1.54) is 0 Å². The zero-order valence-electron chi connectivity index (χ0n) is 11.7. The highest BCUT2D eigenvalue weighted by Crippen LogP contribution is 2.49. The lowest BCUT2D eigenvalue weighted by atomic mass is 10.0. The third-order valence-electron chi connectivity index (χ3n) is 3.89. The molecule has 0 aliphatic heterocycles. The van der Waals surface area contributed by atoms with Gasteiger partial charge in [-0.05, 0) is 36.4 Å². The Morgan fingerprint density at radius 1 is 1.27 bits per heavy atom. The lowest BCUT2D eigenvalue weighted by Gasteiger charge is -2.12. The van der Waals surface area contributed by atoms with Crippen LogP contribution in [0.5, 0.6) is 0 Å². The highest BCUT2D eigenvalue weighted by molar-refractivity contribution is 7.13. The van der Waals surface area contributed by atoms with E-state index in [1.54, 1.807) is 35.9 Å². The summed E-state index contributed by atoms with van der Waals surface area (Å²) in [4.78, 5) is 17.5. The van der Waals surface area contributed by atoms with Crippen molar-refractivity contribution in [3.63, 3.8) is 0 Å². The standard InChI is InChI=1S/C16H13N3O2S/c20-15(18-11-3-7-17-8-4-11)16(5-6-16)14-10-12(21-19-14)13-2-1-9-22-13/h1-4,7-10H,5-6H2,(H,17,18,20). The molecule has 0 radical (unpaired) electrons. The first-order valence-electron chi connectivity index (χ1n) is 7.00. The van der Waals surface area contributed by atoms with E-state index < -0.39 is 5.41 Å². The van der Waals surface area contributed by atoms with E-state index in [0.717, 1.165) is 23.4 Å². The lowest BCUT2D eigenvalue weighted by Crippen LogP contribution is -2.28. The van der Waals surface area contributed by atoms with Crippen molar-refractivity contribution >= 4 is 22.9 Å². The first-order valence-corrected chi connectivity index (χ1v) is 7.88. The van der Waals surface area contributed by atoms with Crippen LogP contribution in [0.1, 0.15) is 18.5 Å². The Labute approximate surface area is 131 Å². The molecule has 3 heterocycles. The van der Waals surface area contributed by atoms with E-state index >= 15 is 0 Å². The molecule has 5 nitrogen and oxygen atoms in total. The molecule has 0 atom stereocenters. The van der Waals surface area contributed by atoms with Gasteiger partial charge in [0.25, 0.3) is 0 Å². The first-order chi connectivity index (χ1) is 10.8. The second kappa shape index (κ2) is 5.06. The molecule has 0 aromatic carbocycles. The van der Waals surface area contributed by atoms with Gasteiger partial charge in [0.15, 0.2) is 5.76 Å². The number of carbonyl (C=O) groups excluding carboxylic acids is 1. The van der Waals surface area contributed by atoms with Gasteiger partial charge in [-0.3, -0.25) is 9.78 Å². The van der Waals surface area contributed by atoms with Crippen molar-refractivity contribution in [3.8, 4) is 10.6 Å². The highest BCUT2D eigenvalue weighted by atomic mass is 32.1. The summed E-state index contributed by atoms with van der Waals surface area (Å²) in [6.07, 6.45) is 4.89. The second-order valence-electron chi connectivity index (χ2n) is 5.33. The third-order valence-corrected chi connectivity index (χ3v) is 4.77. The summed E-state index contributed by atoms with van der Waals surface area (Å²) in [6.45, 7) is 0.